The fourth-order valence-electron chi connectivity index (χ4n) is 4.97. The van der Waals surface area contributed by atoms with Gasteiger partial charge in [-0.15, -0.1) is 11.8 Å². The Labute approximate surface area is 199 Å². The molecule has 1 saturated heterocycles. The molecule has 2 heterocycles. The van der Waals surface area contributed by atoms with Gasteiger partial charge in [-0.25, -0.2) is 0 Å². The van der Waals surface area contributed by atoms with Gasteiger partial charge in [0, 0.05) is 17.9 Å². The van der Waals surface area contributed by atoms with E-state index in [1.165, 1.54) is 19.3 Å². The van der Waals surface area contributed by atoms with Crippen LogP contribution >= 0.6 is 11.8 Å². The molecule has 0 radical (unpaired) electrons. The van der Waals surface area contributed by atoms with Crippen LogP contribution in [0.5, 0.6) is 11.5 Å². The predicted molar refractivity (Wildman–Crippen MR) is 128 cm³/mol. The summed E-state index contributed by atoms with van der Waals surface area (Å²) in [4.78, 5) is 28.8. The standard InChI is InChI=1S/C26H30N2O4S/c1-17-7-10-19(11-8-17)25(30)28-21(15-33-26(28)20-5-3-2-4-6-20)24(29)27-14-18-9-12-22-23(13-18)32-16-31-22/h7-13,20-21,26H,2-6,14-16H2,1H3,(H,27,29). The van der Waals surface area contributed by atoms with Crippen LogP contribution in [0.25, 0.3) is 0 Å². The number of hydrogen-bond donors (Lipinski definition) is 1. The molecule has 2 amide bonds. The Morgan fingerprint density at radius 3 is 2.58 bits per heavy atom. The van der Waals surface area contributed by atoms with E-state index in [2.05, 4.69) is 5.32 Å². The maximum Gasteiger partial charge on any atom is 0.255 e. The lowest BCUT2D eigenvalue weighted by molar-refractivity contribution is -0.125. The molecule has 7 heteroatoms. The van der Waals surface area contributed by atoms with Gasteiger partial charge in [-0.05, 0) is 55.5 Å². The molecule has 1 aliphatic carbocycles. The van der Waals surface area contributed by atoms with E-state index in [1.54, 1.807) is 11.8 Å². The van der Waals surface area contributed by atoms with E-state index in [0.717, 1.165) is 29.7 Å². The fraction of sp³-hybridized carbons (Fsp3) is 0.462. The molecule has 2 aromatic rings. The summed E-state index contributed by atoms with van der Waals surface area (Å²) in [5, 5.41) is 3.11. The first kappa shape index (κ1) is 22.1. The lowest BCUT2D eigenvalue weighted by Crippen LogP contribution is -2.51. The van der Waals surface area contributed by atoms with Crippen LogP contribution in [0.2, 0.25) is 0 Å². The highest BCUT2D eigenvalue weighted by atomic mass is 32.2. The van der Waals surface area contributed by atoms with Crippen LogP contribution in [0.4, 0.5) is 0 Å². The Kier molecular flexibility index (Phi) is 6.49. The quantitative estimate of drug-likeness (QED) is 0.703. The average Bonchev–Trinajstić information content (AvgIpc) is 3.50. The van der Waals surface area contributed by atoms with Crippen molar-refractivity contribution < 1.29 is 19.1 Å². The summed E-state index contributed by atoms with van der Waals surface area (Å²) in [6.07, 6.45) is 5.92. The number of amides is 2. The van der Waals surface area contributed by atoms with Gasteiger partial charge in [-0.2, -0.15) is 0 Å². The number of aryl methyl sites for hydroxylation is 1. The van der Waals surface area contributed by atoms with E-state index in [-0.39, 0.29) is 24.0 Å². The van der Waals surface area contributed by atoms with E-state index in [4.69, 9.17) is 9.47 Å². The summed E-state index contributed by atoms with van der Waals surface area (Å²) in [5.74, 6) is 2.36. The number of benzene rings is 2. The number of thioether (sulfide) groups is 1. The molecule has 2 aromatic carbocycles. The van der Waals surface area contributed by atoms with Gasteiger partial charge in [-0.1, -0.05) is 43.0 Å². The van der Waals surface area contributed by atoms with Crippen molar-refractivity contribution in [2.45, 2.75) is 57.0 Å². The van der Waals surface area contributed by atoms with Gasteiger partial charge in [0.2, 0.25) is 12.7 Å². The molecule has 33 heavy (non-hydrogen) atoms. The third-order valence-corrected chi connectivity index (χ3v) is 8.29. The second kappa shape index (κ2) is 9.67. The van der Waals surface area contributed by atoms with Crippen LogP contribution in [0, 0.1) is 12.8 Å². The van der Waals surface area contributed by atoms with Crippen LogP contribution in [-0.4, -0.2) is 40.7 Å². The van der Waals surface area contributed by atoms with Gasteiger partial charge in [-0.3, -0.25) is 9.59 Å². The van der Waals surface area contributed by atoms with Crippen molar-refractivity contribution in [2.75, 3.05) is 12.5 Å². The second-order valence-electron chi connectivity index (χ2n) is 9.12. The van der Waals surface area contributed by atoms with Crippen molar-refractivity contribution in [3.8, 4) is 11.5 Å². The molecule has 2 fully saturated rings. The normalized spacial score (nSPS) is 22.4. The van der Waals surface area contributed by atoms with Gasteiger partial charge in [0.1, 0.15) is 6.04 Å². The molecular formula is C26H30N2O4S. The zero-order valence-corrected chi connectivity index (χ0v) is 19.7. The third-order valence-electron chi connectivity index (χ3n) is 6.83. The van der Waals surface area contributed by atoms with Crippen molar-refractivity contribution in [3.05, 3.63) is 59.2 Å². The summed E-state index contributed by atoms with van der Waals surface area (Å²) >= 11 is 1.77. The first-order valence-electron chi connectivity index (χ1n) is 11.8. The maximum atomic E-state index is 13.6. The number of ether oxygens (including phenoxy) is 2. The maximum absolute atomic E-state index is 13.6. The number of fused-ring (bicyclic) bond motifs is 1. The SMILES string of the molecule is Cc1ccc(C(=O)N2C(C(=O)NCc3ccc4c(c3)OCO4)CSC2C2CCCCC2)cc1. The van der Waals surface area contributed by atoms with E-state index < -0.39 is 6.04 Å². The van der Waals surface area contributed by atoms with Crippen molar-refractivity contribution in [3.63, 3.8) is 0 Å². The monoisotopic (exact) mass is 466 g/mol. The minimum atomic E-state index is -0.468. The van der Waals surface area contributed by atoms with Gasteiger partial charge in [0.15, 0.2) is 11.5 Å². The Morgan fingerprint density at radius 1 is 1.03 bits per heavy atom. The van der Waals surface area contributed by atoms with Crippen LogP contribution in [0.15, 0.2) is 42.5 Å². The highest BCUT2D eigenvalue weighted by Crippen LogP contribution is 2.41. The van der Waals surface area contributed by atoms with Crippen molar-refractivity contribution >= 4 is 23.6 Å². The molecule has 5 rings (SSSR count). The molecule has 174 valence electrons. The first-order valence-corrected chi connectivity index (χ1v) is 12.8. The Bertz CT molecular complexity index is 1020. The van der Waals surface area contributed by atoms with Gasteiger partial charge in [0.25, 0.3) is 5.91 Å². The number of carbonyl (C=O) groups excluding carboxylic acids is 2. The fourth-order valence-corrected chi connectivity index (χ4v) is 6.61. The van der Waals surface area contributed by atoms with Crippen molar-refractivity contribution in [2.24, 2.45) is 5.92 Å². The lowest BCUT2D eigenvalue weighted by Gasteiger charge is -2.35. The second-order valence-corrected chi connectivity index (χ2v) is 10.3. The summed E-state index contributed by atoms with van der Waals surface area (Å²) < 4.78 is 10.8. The third kappa shape index (κ3) is 4.69. The first-order chi connectivity index (χ1) is 16.1. The van der Waals surface area contributed by atoms with Gasteiger partial charge in [0.05, 0.1) is 5.37 Å². The smallest absolute Gasteiger partial charge is 0.255 e. The van der Waals surface area contributed by atoms with Crippen LogP contribution < -0.4 is 14.8 Å². The lowest BCUT2D eigenvalue weighted by atomic mass is 9.88. The van der Waals surface area contributed by atoms with Gasteiger partial charge >= 0.3 is 0 Å². The number of carbonyl (C=O) groups is 2. The molecular weight excluding hydrogens is 436 g/mol. The summed E-state index contributed by atoms with van der Waals surface area (Å²) in [6.45, 7) is 2.62. The average molecular weight is 467 g/mol. The molecule has 2 unspecified atom stereocenters. The molecule has 0 aromatic heterocycles. The highest BCUT2D eigenvalue weighted by Gasteiger charge is 2.45. The topological polar surface area (TPSA) is 67.9 Å². The molecule has 6 nitrogen and oxygen atoms in total. The summed E-state index contributed by atoms with van der Waals surface area (Å²) in [7, 11) is 0. The van der Waals surface area contributed by atoms with Crippen LogP contribution in [0.1, 0.15) is 53.6 Å². The Balaban J connectivity index is 1.33. The molecule has 2 aliphatic heterocycles. The largest absolute Gasteiger partial charge is 0.454 e. The molecule has 3 aliphatic rings. The molecule has 0 spiro atoms. The number of nitrogens with zero attached hydrogens (tertiary/aromatic N) is 1. The predicted octanol–water partition coefficient (Wildman–Crippen LogP) is 4.50. The van der Waals surface area contributed by atoms with E-state index in [9.17, 15) is 9.59 Å². The van der Waals surface area contributed by atoms with Crippen molar-refractivity contribution in [1.82, 2.24) is 10.2 Å². The highest BCUT2D eigenvalue weighted by molar-refractivity contribution is 8.00. The molecule has 1 N–H and O–H groups in total. The van der Waals surface area contributed by atoms with E-state index >= 15 is 0 Å². The number of nitrogens with one attached hydrogen (secondary N) is 1. The number of rotatable bonds is 5. The molecule has 2 atom stereocenters. The van der Waals surface area contributed by atoms with E-state index in [1.807, 2.05) is 54.3 Å². The zero-order chi connectivity index (χ0) is 22.8. The Hall–Kier alpha value is -2.67. The van der Waals surface area contributed by atoms with Crippen LogP contribution in [0.3, 0.4) is 0 Å². The van der Waals surface area contributed by atoms with Crippen molar-refractivity contribution in [1.29, 1.82) is 0 Å². The Morgan fingerprint density at radius 2 is 1.79 bits per heavy atom. The molecule has 0 bridgehead atoms. The summed E-state index contributed by atoms with van der Waals surface area (Å²) in [5.41, 5.74) is 2.71. The molecule has 1 saturated carbocycles. The van der Waals surface area contributed by atoms with Crippen LogP contribution in [-0.2, 0) is 11.3 Å². The minimum absolute atomic E-state index is 0.0428. The van der Waals surface area contributed by atoms with E-state index in [0.29, 0.717) is 29.5 Å². The zero-order valence-electron chi connectivity index (χ0n) is 18.9. The van der Waals surface area contributed by atoms with Gasteiger partial charge < -0.3 is 19.7 Å². The minimum Gasteiger partial charge on any atom is -0.454 e. The number of hydrogen-bond acceptors (Lipinski definition) is 5. The summed E-state index contributed by atoms with van der Waals surface area (Å²) in [6, 6.07) is 12.9.